The molecule has 0 fully saturated rings. The summed E-state index contributed by atoms with van der Waals surface area (Å²) >= 11 is 3.59. The fourth-order valence-corrected chi connectivity index (χ4v) is 4.17. The lowest BCUT2D eigenvalue weighted by molar-refractivity contribution is 0.0690. The maximum atomic E-state index is 11.4. The van der Waals surface area contributed by atoms with E-state index in [1.165, 1.54) is 11.6 Å². The summed E-state index contributed by atoms with van der Waals surface area (Å²) < 4.78 is 7.19. The van der Waals surface area contributed by atoms with E-state index in [0.717, 1.165) is 58.3 Å². The van der Waals surface area contributed by atoms with Crippen molar-refractivity contribution >= 4 is 33.0 Å². The molecule has 1 aliphatic rings. The summed E-state index contributed by atoms with van der Waals surface area (Å²) in [5, 5.41) is 9.34. The summed E-state index contributed by atoms with van der Waals surface area (Å²) in [7, 11) is 0. The maximum absolute atomic E-state index is 11.4. The molecule has 5 heteroatoms. The number of carboxylic acid groups (broad SMARTS) is 1. The Kier molecular flexibility index (Phi) is 6.29. The summed E-state index contributed by atoms with van der Waals surface area (Å²) in [6.45, 7) is 0.491. The predicted molar refractivity (Wildman–Crippen MR) is 121 cm³/mol. The van der Waals surface area contributed by atoms with E-state index in [9.17, 15) is 9.90 Å². The molecular formula is C25H22BrNO3. The van der Waals surface area contributed by atoms with Crippen LogP contribution in [0, 0.1) is 0 Å². The first-order chi connectivity index (χ1) is 14.6. The van der Waals surface area contributed by atoms with Gasteiger partial charge in [-0.05, 0) is 72.7 Å². The number of allylic oxidation sites excluding steroid dienone is 2. The molecule has 0 amide bonds. The van der Waals surface area contributed by atoms with Crippen molar-refractivity contribution in [3.8, 4) is 5.75 Å². The molecule has 0 saturated carbocycles. The van der Waals surface area contributed by atoms with Crippen LogP contribution in [-0.4, -0.2) is 16.1 Å². The number of rotatable bonds is 6. The first-order valence-electron chi connectivity index (χ1n) is 10.0. The Morgan fingerprint density at radius 3 is 2.50 bits per heavy atom. The van der Waals surface area contributed by atoms with Crippen molar-refractivity contribution in [3.63, 3.8) is 0 Å². The molecular weight excluding hydrogens is 442 g/mol. The van der Waals surface area contributed by atoms with Crippen molar-refractivity contribution < 1.29 is 14.6 Å². The van der Waals surface area contributed by atoms with Gasteiger partial charge in [-0.25, -0.2) is 9.78 Å². The molecule has 1 N–H and O–H groups in total. The van der Waals surface area contributed by atoms with E-state index in [2.05, 4.69) is 27.0 Å². The highest BCUT2D eigenvalue weighted by Crippen LogP contribution is 2.41. The third-order valence-electron chi connectivity index (χ3n) is 5.25. The van der Waals surface area contributed by atoms with Crippen LogP contribution in [0.5, 0.6) is 5.75 Å². The number of carboxylic acids is 1. The molecule has 0 unspecified atom stereocenters. The van der Waals surface area contributed by atoms with Crippen molar-refractivity contribution in [2.45, 2.75) is 32.3 Å². The van der Waals surface area contributed by atoms with Gasteiger partial charge in [0.2, 0.25) is 0 Å². The molecule has 152 valence electrons. The van der Waals surface area contributed by atoms with Crippen LogP contribution in [0.4, 0.5) is 0 Å². The van der Waals surface area contributed by atoms with E-state index in [4.69, 9.17) is 4.74 Å². The van der Waals surface area contributed by atoms with Crippen LogP contribution >= 0.6 is 15.9 Å². The normalized spacial score (nSPS) is 13.9. The fourth-order valence-electron chi connectivity index (χ4n) is 3.81. The van der Waals surface area contributed by atoms with Crippen LogP contribution in [0.2, 0.25) is 0 Å². The number of aromatic carboxylic acids is 1. The summed E-state index contributed by atoms with van der Waals surface area (Å²) in [6, 6.07) is 21.3. The molecule has 1 aliphatic carbocycles. The van der Waals surface area contributed by atoms with Gasteiger partial charge in [0.05, 0.1) is 5.69 Å². The monoisotopic (exact) mass is 463 g/mol. The molecule has 3 aromatic rings. The topological polar surface area (TPSA) is 59.4 Å². The van der Waals surface area contributed by atoms with Crippen molar-refractivity contribution in [2.24, 2.45) is 0 Å². The summed E-state index contributed by atoms with van der Waals surface area (Å²) in [6.07, 6.45) is 3.93. The standard InChI is InChI=1S/C25H22BrNO3/c26-18-13-14-24(30-16-17-7-2-1-3-8-17)21(15-18)19-9-4-5-10-20(19)22-11-6-12-23(27-22)25(28)29/h1-3,6-8,11-15H,4-5,9-10,16H2,(H,28,29). The van der Waals surface area contributed by atoms with Gasteiger partial charge in [0.25, 0.3) is 0 Å². The minimum absolute atomic E-state index is 0.0692. The second-order valence-electron chi connectivity index (χ2n) is 7.29. The SMILES string of the molecule is O=C(O)c1cccc(C2=C(c3cc(Br)ccc3OCc3ccccc3)CCCC2)n1. The highest BCUT2D eigenvalue weighted by atomic mass is 79.9. The van der Waals surface area contributed by atoms with Crippen LogP contribution in [0.15, 0.2) is 71.2 Å². The quantitative estimate of drug-likeness (QED) is 0.446. The lowest BCUT2D eigenvalue weighted by Crippen LogP contribution is -2.06. The Morgan fingerprint density at radius 1 is 0.967 bits per heavy atom. The first-order valence-corrected chi connectivity index (χ1v) is 10.8. The Morgan fingerprint density at radius 2 is 1.73 bits per heavy atom. The minimum Gasteiger partial charge on any atom is -0.488 e. The molecule has 0 spiro atoms. The van der Waals surface area contributed by atoms with Gasteiger partial charge in [0.1, 0.15) is 18.1 Å². The Labute approximate surface area is 184 Å². The molecule has 4 rings (SSSR count). The van der Waals surface area contributed by atoms with Gasteiger partial charge in [-0.15, -0.1) is 0 Å². The van der Waals surface area contributed by atoms with Crippen LogP contribution in [0.3, 0.4) is 0 Å². The smallest absolute Gasteiger partial charge is 0.354 e. The van der Waals surface area contributed by atoms with Crippen LogP contribution in [0.25, 0.3) is 11.1 Å². The number of benzene rings is 2. The third kappa shape index (κ3) is 4.62. The summed E-state index contributed by atoms with van der Waals surface area (Å²) in [5.74, 6) is -0.185. The number of hydrogen-bond acceptors (Lipinski definition) is 3. The molecule has 2 aromatic carbocycles. The van der Waals surface area contributed by atoms with Crippen molar-refractivity contribution in [3.05, 3.63) is 93.7 Å². The highest BCUT2D eigenvalue weighted by Gasteiger charge is 2.21. The maximum Gasteiger partial charge on any atom is 0.354 e. The molecule has 1 aromatic heterocycles. The first kappa shape index (κ1) is 20.4. The van der Waals surface area contributed by atoms with Crippen molar-refractivity contribution in [1.82, 2.24) is 4.98 Å². The van der Waals surface area contributed by atoms with Gasteiger partial charge in [0, 0.05) is 10.0 Å². The Balaban J connectivity index is 1.75. The number of pyridine rings is 1. The number of hydrogen-bond donors (Lipinski definition) is 1. The van der Waals surface area contributed by atoms with Crippen LogP contribution in [0.1, 0.15) is 53.0 Å². The van der Waals surface area contributed by atoms with Gasteiger partial charge in [-0.3, -0.25) is 0 Å². The van der Waals surface area contributed by atoms with Crippen molar-refractivity contribution in [1.29, 1.82) is 0 Å². The molecule has 30 heavy (non-hydrogen) atoms. The van der Waals surface area contributed by atoms with E-state index in [-0.39, 0.29) is 5.69 Å². The number of aromatic nitrogens is 1. The van der Waals surface area contributed by atoms with E-state index < -0.39 is 5.97 Å². The number of nitrogens with zero attached hydrogens (tertiary/aromatic N) is 1. The molecule has 0 bridgehead atoms. The van der Waals surface area contributed by atoms with Gasteiger partial charge in [-0.1, -0.05) is 52.3 Å². The number of ether oxygens (including phenoxy) is 1. The van der Waals surface area contributed by atoms with Crippen LogP contribution in [-0.2, 0) is 6.61 Å². The molecule has 0 saturated heterocycles. The van der Waals surface area contributed by atoms with Gasteiger partial charge in [0.15, 0.2) is 0 Å². The molecule has 0 radical (unpaired) electrons. The number of halogens is 1. The zero-order valence-electron chi connectivity index (χ0n) is 16.5. The second-order valence-corrected chi connectivity index (χ2v) is 8.21. The zero-order chi connectivity index (χ0) is 20.9. The Hall–Kier alpha value is -2.92. The second kappa shape index (κ2) is 9.26. The van der Waals surface area contributed by atoms with E-state index in [1.54, 1.807) is 6.07 Å². The minimum atomic E-state index is -1.01. The van der Waals surface area contributed by atoms with Gasteiger partial charge in [-0.2, -0.15) is 0 Å². The summed E-state index contributed by atoms with van der Waals surface area (Å²) in [4.78, 5) is 15.8. The van der Waals surface area contributed by atoms with Crippen LogP contribution < -0.4 is 4.74 Å². The molecule has 0 aliphatic heterocycles. The largest absolute Gasteiger partial charge is 0.488 e. The predicted octanol–water partition coefficient (Wildman–Crippen LogP) is 6.61. The van der Waals surface area contributed by atoms with E-state index >= 15 is 0 Å². The molecule has 4 nitrogen and oxygen atoms in total. The number of carbonyl (C=O) groups is 1. The molecule has 0 atom stereocenters. The highest BCUT2D eigenvalue weighted by molar-refractivity contribution is 9.10. The zero-order valence-corrected chi connectivity index (χ0v) is 18.1. The Bertz CT molecular complexity index is 1090. The van der Waals surface area contributed by atoms with Gasteiger partial charge < -0.3 is 9.84 Å². The molecule has 1 heterocycles. The lowest BCUT2D eigenvalue weighted by atomic mass is 9.85. The average Bonchev–Trinajstić information content (AvgIpc) is 2.79. The van der Waals surface area contributed by atoms with E-state index in [1.807, 2.05) is 48.5 Å². The average molecular weight is 464 g/mol. The summed E-state index contributed by atoms with van der Waals surface area (Å²) in [5.41, 5.74) is 5.24. The third-order valence-corrected chi connectivity index (χ3v) is 5.74. The fraction of sp³-hybridized carbons (Fsp3) is 0.200. The van der Waals surface area contributed by atoms with E-state index in [0.29, 0.717) is 6.61 Å². The van der Waals surface area contributed by atoms with Crippen molar-refractivity contribution in [2.75, 3.05) is 0 Å². The van der Waals surface area contributed by atoms with Gasteiger partial charge >= 0.3 is 5.97 Å². The lowest BCUT2D eigenvalue weighted by Gasteiger charge is -2.23.